The minimum absolute atomic E-state index is 0.116. The van der Waals surface area contributed by atoms with Crippen LogP contribution in [0.3, 0.4) is 0 Å². The second-order valence-corrected chi connectivity index (χ2v) is 5.66. The Balaban J connectivity index is 2.05. The first-order valence-electron chi connectivity index (χ1n) is 7.02. The molecule has 23 heavy (non-hydrogen) atoms. The molecule has 1 saturated heterocycles. The number of hydrogen-bond acceptors (Lipinski definition) is 4. The molecule has 0 spiro atoms. The molecule has 1 fully saturated rings. The first-order valence-corrected chi connectivity index (χ1v) is 7.39. The molecule has 0 aliphatic carbocycles. The molecule has 1 unspecified atom stereocenters. The van der Waals surface area contributed by atoms with Crippen LogP contribution in [-0.4, -0.2) is 21.6 Å². The fourth-order valence-electron chi connectivity index (χ4n) is 2.85. The molecule has 1 aliphatic rings. The molecule has 1 aliphatic heterocycles. The van der Waals surface area contributed by atoms with Crippen molar-refractivity contribution in [2.24, 2.45) is 0 Å². The van der Waals surface area contributed by atoms with Crippen LogP contribution in [0.4, 0.5) is 19.0 Å². The molecule has 0 radical (unpaired) electrons. The number of hydrogen-bond donors (Lipinski definition) is 1. The van der Waals surface area contributed by atoms with Gasteiger partial charge in [-0.15, -0.1) is 0 Å². The van der Waals surface area contributed by atoms with E-state index in [0.717, 1.165) is 24.7 Å². The van der Waals surface area contributed by atoms with Gasteiger partial charge in [0.2, 0.25) is 0 Å². The Bertz CT molecular complexity index is 709. The van der Waals surface area contributed by atoms with Crippen LogP contribution in [0.5, 0.6) is 5.75 Å². The summed E-state index contributed by atoms with van der Waals surface area (Å²) in [5.74, 6) is -1.05. The first kappa shape index (κ1) is 15.9. The molecule has 3 rings (SSSR count). The van der Waals surface area contributed by atoms with Crippen molar-refractivity contribution < 1.29 is 18.3 Å². The van der Waals surface area contributed by atoms with Crippen LogP contribution in [0.25, 0.3) is 0 Å². The van der Waals surface area contributed by atoms with Gasteiger partial charge in [-0.25, -0.2) is 4.98 Å². The van der Waals surface area contributed by atoms with Crippen LogP contribution in [0.15, 0.2) is 30.6 Å². The Kier molecular flexibility index (Phi) is 4.06. The van der Waals surface area contributed by atoms with Gasteiger partial charge in [-0.05, 0) is 25.0 Å². The van der Waals surface area contributed by atoms with Gasteiger partial charge in [0.1, 0.15) is 5.56 Å². The molecule has 0 aromatic carbocycles. The third-order valence-electron chi connectivity index (χ3n) is 3.83. The van der Waals surface area contributed by atoms with Gasteiger partial charge in [0.05, 0.1) is 16.8 Å². The van der Waals surface area contributed by atoms with E-state index in [1.807, 2.05) is 6.07 Å². The lowest BCUT2D eigenvalue weighted by atomic mass is 10.1. The molecular weight excluding hydrogens is 331 g/mol. The summed E-state index contributed by atoms with van der Waals surface area (Å²) in [7, 11) is 0. The fraction of sp³-hybridized carbons (Fsp3) is 0.333. The Morgan fingerprint density at radius 2 is 2.04 bits per heavy atom. The standard InChI is InChI=1S/C15H13ClF3N3O/c16-9-8-21-14(13(23)12(9)15(17,18)19)22-7-3-5-11(22)10-4-1-2-6-20-10/h1-2,4,6,8,11,23H,3,5,7H2. The number of nitrogens with zero attached hydrogens (tertiary/aromatic N) is 3. The monoisotopic (exact) mass is 343 g/mol. The molecule has 0 bridgehead atoms. The van der Waals surface area contributed by atoms with Gasteiger partial charge in [-0.2, -0.15) is 13.2 Å². The van der Waals surface area contributed by atoms with Gasteiger partial charge in [-0.3, -0.25) is 4.98 Å². The van der Waals surface area contributed by atoms with Crippen molar-refractivity contribution >= 4 is 17.4 Å². The Labute approximate surface area is 135 Å². The van der Waals surface area contributed by atoms with E-state index in [9.17, 15) is 18.3 Å². The fourth-order valence-corrected chi connectivity index (χ4v) is 3.09. The summed E-state index contributed by atoms with van der Waals surface area (Å²) >= 11 is 5.57. The van der Waals surface area contributed by atoms with Gasteiger partial charge in [0, 0.05) is 18.9 Å². The van der Waals surface area contributed by atoms with Gasteiger partial charge in [0.25, 0.3) is 0 Å². The predicted octanol–water partition coefficient (Wildman–Crippen LogP) is 4.20. The molecule has 1 N–H and O–H groups in total. The summed E-state index contributed by atoms with van der Waals surface area (Å²) in [5.41, 5.74) is -0.523. The molecule has 1 atom stereocenters. The molecule has 8 heteroatoms. The zero-order valence-corrected chi connectivity index (χ0v) is 12.6. The summed E-state index contributed by atoms with van der Waals surface area (Å²) in [6.45, 7) is 0.487. The minimum atomic E-state index is -4.75. The van der Waals surface area contributed by atoms with Crippen molar-refractivity contribution in [2.45, 2.75) is 25.1 Å². The summed E-state index contributed by atoms with van der Waals surface area (Å²) < 4.78 is 39.3. The van der Waals surface area contributed by atoms with Gasteiger partial charge < -0.3 is 10.0 Å². The second-order valence-electron chi connectivity index (χ2n) is 5.26. The maximum atomic E-state index is 13.1. The average Bonchev–Trinajstić information content (AvgIpc) is 2.96. The number of pyridine rings is 2. The highest BCUT2D eigenvalue weighted by molar-refractivity contribution is 6.31. The van der Waals surface area contributed by atoms with Gasteiger partial charge in [-0.1, -0.05) is 17.7 Å². The van der Waals surface area contributed by atoms with Crippen molar-refractivity contribution in [3.63, 3.8) is 0 Å². The number of anilines is 1. The highest BCUT2D eigenvalue weighted by Gasteiger charge is 2.40. The largest absolute Gasteiger partial charge is 0.504 e. The van der Waals surface area contributed by atoms with Crippen LogP contribution < -0.4 is 4.90 Å². The van der Waals surface area contributed by atoms with E-state index in [4.69, 9.17) is 11.6 Å². The summed E-state index contributed by atoms with van der Waals surface area (Å²) in [5, 5.41) is 9.48. The SMILES string of the molecule is Oc1c(N2CCCC2c2ccccn2)ncc(Cl)c1C(F)(F)F. The van der Waals surface area contributed by atoms with Crippen molar-refractivity contribution in [1.29, 1.82) is 0 Å². The summed E-state index contributed by atoms with van der Waals surface area (Å²) in [6.07, 6.45) is -0.705. The summed E-state index contributed by atoms with van der Waals surface area (Å²) in [6, 6.07) is 5.16. The highest BCUT2D eigenvalue weighted by Crippen LogP contribution is 2.46. The van der Waals surface area contributed by atoms with E-state index < -0.39 is 22.5 Å². The molecule has 3 heterocycles. The molecule has 0 saturated carbocycles. The van der Waals surface area contributed by atoms with Crippen molar-refractivity contribution in [1.82, 2.24) is 9.97 Å². The Morgan fingerprint density at radius 1 is 1.26 bits per heavy atom. The third-order valence-corrected chi connectivity index (χ3v) is 4.11. The van der Waals surface area contributed by atoms with Crippen LogP contribution >= 0.6 is 11.6 Å². The van der Waals surface area contributed by atoms with E-state index >= 15 is 0 Å². The topological polar surface area (TPSA) is 49.2 Å². The van der Waals surface area contributed by atoms with Gasteiger partial charge in [0.15, 0.2) is 11.6 Å². The zero-order chi connectivity index (χ0) is 16.6. The lowest BCUT2D eigenvalue weighted by Crippen LogP contribution is -2.25. The van der Waals surface area contributed by atoms with E-state index in [-0.39, 0.29) is 11.9 Å². The average molecular weight is 344 g/mol. The van der Waals surface area contributed by atoms with E-state index in [1.54, 1.807) is 23.2 Å². The van der Waals surface area contributed by atoms with Crippen molar-refractivity contribution in [2.75, 3.05) is 11.4 Å². The maximum absolute atomic E-state index is 13.1. The lowest BCUT2D eigenvalue weighted by Gasteiger charge is -2.27. The quantitative estimate of drug-likeness (QED) is 0.888. The number of aromatic hydroxyl groups is 1. The minimum Gasteiger partial charge on any atom is -0.504 e. The summed E-state index contributed by atoms with van der Waals surface area (Å²) in [4.78, 5) is 9.82. The lowest BCUT2D eigenvalue weighted by molar-refractivity contribution is -0.138. The molecule has 2 aromatic rings. The number of alkyl halides is 3. The molecular formula is C15H13ClF3N3O. The van der Waals surface area contributed by atoms with Crippen molar-refractivity contribution in [3.05, 3.63) is 46.9 Å². The molecule has 2 aromatic heterocycles. The maximum Gasteiger partial charge on any atom is 0.421 e. The Hall–Kier alpha value is -2.02. The normalized spacial score (nSPS) is 18.4. The van der Waals surface area contributed by atoms with Crippen molar-refractivity contribution in [3.8, 4) is 5.75 Å². The predicted molar refractivity (Wildman–Crippen MR) is 79.5 cm³/mol. The molecule has 122 valence electrons. The Morgan fingerprint density at radius 3 is 2.70 bits per heavy atom. The first-order chi connectivity index (χ1) is 10.9. The number of aromatic nitrogens is 2. The number of rotatable bonds is 2. The molecule has 4 nitrogen and oxygen atoms in total. The van der Waals surface area contributed by atoms with E-state index in [2.05, 4.69) is 9.97 Å². The zero-order valence-electron chi connectivity index (χ0n) is 11.9. The number of halogens is 4. The van der Waals surface area contributed by atoms with E-state index in [1.165, 1.54) is 0 Å². The second kappa shape index (κ2) is 5.88. The van der Waals surface area contributed by atoms with Gasteiger partial charge >= 0.3 is 6.18 Å². The highest BCUT2D eigenvalue weighted by atomic mass is 35.5. The molecule has 0 amide bonds. The third kappa shape index (κ3) is 2.93. The van der Waals surface area contributed by atoms with Crippen LogP contribution in [0, 0.1) is 0 Å². The van der Waals surface area contributed by atoms with E-state index in [0.29, 0.717) is 6.54 Å². The smallest absolute Gasteiger partial charge is 0.421 e. The van der Waals surface area contributed by atoms with Crippen LogP contribution in [0.2, 0.25) is 5.02 Å². The van der Waals surface area contributed by atoms with Crippen LogP contribution in [0.1, 0.15) is 30.1 Å². The van der Waals surface area contributed by atoms with Crippen LogP contribution in [-0.2, 0) is 6.18 Å².